The third kappa shape index (κ3) is 4.32. The van der Waals surface area contributed by atoms with Gasteiger partial charge in [-0.2, -0.15) is 0 Å². The fourth-order valence-corrected chi connectivity index (χ4v) is 3.94. The monoisotopic (exact) mass is 393 g/mol. The highest BCUT2D eigenvalue weighted by Gasteiger charge is 2.23. The Morgan fingerprint density at radius 2 is 2.04 bits per heavy atom. The summed E-state index contributed by atoms with van der Waals surface area (Å²) in [6, 6.07) is 0. The van der Waals surface area contributed by atoms with Gasteiger partial charge in [0.25, 0.3) is 10.8 Å². The highest BCUT2D eigenvalue weighted by atomic mass is 32.2. The molecule has 0 spiro atoms. The number of anilines is 1. The summed E-state index contributed by atoms with van der Waals surface area (Å²) < 4.78 is 6.87. The Morgan fingerprint density at radius 1 is 1.30 bits per heavy atom. The van der Waals surface area contributed by atoms with Crippen LogP contribution in [-0.4, -0.2) is 31.3 Å². The molecule has 2 heterocycles. The Morgan fingerprint density at radius 3 is 2.74 bits per heavy atom. The number of ketones is 1. The van der Waals surface area contributed by atoms with Crippen molar-refractivity contribution in [2.45, 2.75) is 63.1 Å². The van der Waals surface area contributed by atoms with Gasteiger partial charge in [0.1, 0.15) is 11.4 Å². The number of hydrogen-bond acceptors (Lipinski definition) is 8. The zero-order valence-corrected chi connectivity index (χ0v) is 16.0. The Balaban J connectivity index is 1.71. The Labute approximate surface area is 159 Å². The molecule has 10 heteroatoms. The number of nitrogens with one attached hydrogen (secondary N) is 1. The molecule has 0 aliphatic heterocycles. The van der Waals surface area contributed by atoms with Crippen LogP contribution in [0.3, 0.4) is 0 Å². The Kier molecular flexibility index (Phi) is 6.15. The van der Waals surface area contributed by atoms with Crippen molar-refractivity contribution in [3.63, 3.8) is 0 Å². The normalized spacial score (nSPS) is 15.1. The first kappa shape index (κ1) is 19.4. The van der Waals surface area contributed by atoms with Gasteiger partial charge in [0.2, 0.25) is 5.89 Å². The van der Waals surface area contributed by atoms with E-state index in [9.17, 15) is 14.4 Å². The first-order chi connectivity index (χ1) is 13.0. The van der Waals surface area contributed by atoms with E-state index in [1.807, 2.05) is 6.92 Å². The molecule has 146 valence electrons. The van der Waals surface area contributed by atoms with Gasteiger partial charge in [-0.25, -0.2) is 4.79 Å². The van der Waals surface area contributed by atoms with Gasteiger partial charge in [-0.05, 0) is 19.3 Å². The van der Waals surface area contributed by atoms with Crippen LogP contribution >= 0.6 is 11.8 Å². The molecule has 0 saturated heterocycles. The fourth-order valence-electron chi connectivity index (χ4n) is 3.30. The maximum absolute atomic E-state index is 12.5. The van der Waals surface area contributed by atoms with Crippen molar-refractivity contribution in [2.24, 2.45) is 0 Å². The molecule has 1 aliphatic rings. The van der Waals surface area contributed by atoms with Crippen LogP contribution in [-0.2, 0) is 6.54 Å². The number of aromatic nitrogens is 4. The summed E-state index contributed by atoms with van der Waals surface area (Å²) in [6.07, 6.45) is 6.26. The average molecular weight is 393 g/mol. The molecule has 2 aromatic rings. The Bertz CT molecular complexity index is 926. The van der Waals surface area contributed by atoms with E-state index in [0.717, 1.165) is 37.4 Å². The van der Waals surface area contributed by atoms with Crippen LogP contribution in [0.4, 0.5) is 5.82 Å². The highest BCUT2D eigenvalue weighted by molar-refractivity contribution is 7.99. The number of carbonyl (C=O) groups is 1. The maximum atomic E-state index is 12.5. The van der Waals surface area contributed by atoms with Crippen LogP contribution in [0, 0.1) is 0 Å². The molecule has 9 nitrogen and oxygen atoms in total. The lowest BCUT2D eigenvalue weighted by Gasteiger charge is -2.17. The number of aromatic amines is 1. The van der Waals surface area contributed by atoms with Crippen LogP contribution in [0.2, 0.25) is 0 Å². The molecule has 0 unspecified atom stereocenters. The number of nitrogens with two attached hydrogens (primary N) is 1. The van der Waals surface area contributed by atoms with Crippen molar-refractivity contribution in [3.8, 4) is 0 Å². The second kappa shape index (κ2) is 8.55. The predicted octanol–water partition coefficient (Wildman–Crippen LogP) is 1.93. The van der Waals surface area contributed by atoms with Gasteiger partial charge < -0.3 is 10.2 Å². The molecule has 1 saturated carbocycles. The van der Waals surface area contributed by atoms with Gasteiger partial charge in [-0.15, -0.1) is 10.2 Å². The minimum absolute atomic E-state index is 0.0795. The number of rotatable bonds is 7. The van der Waals surface area contributed by atoms with Crippen LogP contribution in [0.1, 0.15) is 67.6 Å². The fraction of sp³-hybridized carbons (Fsp3) is 0.588. The molecule has 0 radical (unpaired) electrons. The summed E-state index contributed by atoms with van der Waals surface area (Å²) in [4.78, 5) is 38.5. The smallest absolute Gasteiger partial charge is 0.329 e. The van der Waals surface area contributed by atoms with Gasteiger partial charge in [0.15, 0.2) is 5.78 Å². The number of nitrogens with zero attached hydrogens (tertiary/aromatic N) is 3. The molecule has 3 rings (SSSR count). The predicted molar refractivity (Wildman–Crippen MR) is 101 cm³/mol. The standard InChI is InChI=1S/C17H23N5O4S/c1-2-8-22-13(18)12(14(24)19-16(22)25)11(23)9-27-17-21-20-15(26-17)10-6-4-3-5-7-10/h10H,2-9,18H2,1H3,(H,19,24,25). The summed E-state index contributed by atoms with van der Waals surface area (Å²) in [5.41, 5.74) is 4.31. The second-order valence-electron chi connectivity index (χ2n) is 6.62. The molecular formula is C17H23N5O4S. The average Bonchev–Trinajstić information content (AvgIpc) is 3.13. The largest absolute Gasteiger partial charge is 0.416 e. The van der Waals surface area contributed by atoms with E-state index < -0.39 is 17.0 Å². The van der Waals surface area contributed by atoms with E-state index in [4.69, 9.17) is 10.2 Å². The van der Waals surface area contributed by atoms with Crippen molar-refractivity contribution in [1.29, 1.82) is 0 Å². The molecule has 1 fully saturated rings. The molecule has 0 bridgehead atoms. The van der Waals surface area contributed by atoms with E-state index >= 15 is 0 Å². The highest BCUT2D eigenvalue weighted by Crippen LogP contribution is 2.33. The maximum Gasteiger partial charge on any atom is 0.329 e. The molecule has 0 atom stereocenters. The third-order valence-electron chi connectivity index (χ3n) is 4.67. The van der Waals surface area contributed by atoms with E-state index in [1.54, 1.807) is 0 Å². The van der Waals surface area contributed by atoms with Crippen LogP contribution < -0.4 is 17.0 Å². The lowest BCUT2D eigenvalue weighted by molar-refractivity contribution is 0.102. The molecule has 0 aromatic carbocycles. The quantitative estimate of drug-likeness (QED) is 0.538. The van der Waals surface area contributed by atoms with Crippen LogP contribution in [0.25, 0.3) is 0 Å². The molecule has 0 amide bonds. The Hall–Kier alpha value is -2.36. The molecular weight excluding hydrogens is 370 g/mol. The lowest BCUT2D eigenvalue weighted by Crippen LogP contribution is -2.36. The van der Waals surface area contributed by atoms with E-state index in [2.05, 4.69) is 15.2 Å². The van der Waals surface area contributed by atoms with Gasteiger partial charge in [-0.1, -0.05) is 37.9 Å². The molecule has 1 aliphatic carbocycles. The van der Waals surface area contributed by atoms with Crippen molar-refractivity contribution in [3.05, 3.63) is 32.3 Å². The third-order valence-corrected chi connectivity index (χ3v) is 5.49. The van der Waals surface area contributed by atoms with E-state index in [-0.39, 0.29) is 23.1 Å². The molecule has 3 N–H and O–H groups in total. The zero-order chi connectivity index (χ0) is 19.4. The minimum Gasteiger partial charge on any atom is -0.416 e. The van der Waals surface area contributed by atoms with Crippen LogP contribution in [0.5, 0.6) is 0 Å². The molecule has 2 aromatic heterocycles. The number of H-pyrrole nitrogens is 1. The number of nitrogen functional groups attached to an aromatic ring is 1. The van der Waals surface area contributed by atoms with Crippen molar-refractivity contribution >= 4 is 23.4 Å². The van der Waals surface area contributed by atoms with Gasteiger partial charge in [-0.3, -0.25) is 19.1 Å². The summed E-state index contributed by atoms with van der Waals surface area (Å²) in [6.45, 7) is 2.19. The second-order valence-corrected chi connectivity index (χ2v) is 7.55. The van der Waals surface area contributed by atoms with Gasteiger partial charge in [0.05, 0.1) is 5.75 Å². The number of Topliss-reactive ketones (excluding diaryl/α,β-unsaturated/α-hetero) is 1. The van der Waals surface area contributed by atoms with Crippen LogP contribution in [0.15, 0.2) is 19.2 Å². The number of hydrogen-bond donors (Lipinski definition) is 2. The lowest BCUT2D eigenvalue weighted by atomic mass is 9.89. The summed E-state index contributed by atoms with van der Waals surface area (Å²) in [7, 11) is 0. The van der Waals surface area contributed by atoms with Gasteiger partial charge in [0, 0.05) is 12.5 Å². The topological polar surface area (TPSA) is 137 Å². The SMILES string of the molecule is CCCn1c(N)c(C(=O)CSc2nnc(C3CCCCC3)o2)c(=O)[nH]c1=O. The summed E-state index contributed by atoms with van der Waals surface area (Å²) in [5, 5.41) is 8.37. The molecule has 27 heavy (non-hydrogen) atoms. The zero-order valence-electron chi connectivity index (χ0n) is 15.2. The first-order valence-corrected chi connectivity index (χ1v) is 10.1. The summed E-state index contributed by atoms with van der Waals surface area (Å²) in [5.74, 6) is 0.223. The first-order valence-electron chi connectivity index (χ1n) is 9.13. The van der Waals surface area contributed by atoms with E-state index in [1.165, 1.54) is 11.0 Å². The number of thioether (sulfide) groups is 1. The number of carbonyl (C=O) groups excluding carboxylic acids is 1. The van der Waals surface area contributed by atoms with Crippen molar-refractivity contribution in [2.75, 3.05) is 11.5 Å². The summed E-state index contributed by atoms with van der Waals surface area (Å²) >= 11 is 1.06. The minimum atomic E-state index is -0.774. The van der Waals surface area contributed by atoms with Gasteiger partial charge >= 0.3 is 5.69 Å². The van der Waals surface area contributed by atoms with Crippen molar-refractivity contribution in [1.82, 2.24) is 19.7 Å². The van der Waals surface area contributed by atoms with E-state index in [0.29, 0.717) is 24.1 Å². The van der Waals surface area contributed by atoms with Crippen molar-refractivity contribution < 1.29 is 9.21 Å².